The standard InChI is InChI=1S/C31H36N4O3S/c36-29-31(35(25-32-29)27-13-6-2-7-14-27)18-21-33(22-19-31)20-10-17-30(26-11-4-1-5-12-26)23-34(24-30)39(37,38)28-15-8-3-9-16-28/h1-9,11-16H,10,17-25H2,(H,32,36). The third-order valence-electron chi connectivity index (χ3n) is 8.94. The summed E-state index contributed by atoms with van der Waals surface area (Å²) in [5, 5.41) is 3.08. The van der Waals surface area contributed by atoms with E-state index >= 15 is 0 Å². The Bertz CT molecular complexity index is 1390. The number of rotatable bonds is 8. The zero-order chi connectivity index (χ0) is 26.9. The van der Waals surface area contributed by atoms with Crippen LogP contribution in [0.5, 0.6) is 0 Å². The molecule has 8 heteroatoms. The Hall–Kier alpha value is -3.20. The molecular weight excluding hydrogens is 508 g/mol. The van der Waals surface area contributed by atoms with Gasteiger partial charge in [-0.1, -0.05) is 66.7 Å². The SMILES string of the molecule is O=C1NCN(c2ccccc2)C12CCN(CCCC1(c3ccccc3)CN(S(=O)(=O)c3ccccc3)C1)CC2. The first-order valence-corrected chi connectivity index (χ1v) is 15.3. The number of likely N-dealkylation sites (tertiary alicyclic amines) is 1. The van der Waals surface area contributed by atoms with Crippen LogP contribution in [-0.4, -0.2) is 68.5 Å². The average molecular weight is 545 g/mol. The van der Waals surface area contributed by atoms with Crippen LogP contribution in [0.25, 0.3) is 0 Å². The Kier molecular flexibility index (Phi) is 6.95. The minimum atomic E-state index is -3.49. The van der Waals surface area contributed by atoms with Crippen molar-refractivity contribution in [3.8, 4) is 0 Å². The highest BCUT2D eigenvalue weighted by molar-refractivity contribution is 7.89. The molecule has 6 rings (SSSR count). The van der Waals surface area contributed by atoms with Crippen LogP contribution >= 0.6 is 0 Å². The van der Waals surface area contributed by atoms with E-state index in [1.807, 2.05) is 42.5 Å². The van der Waals surface area contributed by atoms with Crippen molar-refractivity contribution < 1.29 is 13.2 Å². The summed E-state index contributed by atoms with van der Waals surface area (Å²) < 4.78 is 28.1. The maximum atomic E-state index is 13.2. The third-order valence-corrected chi connectivity index (χ3v) is 10.7. The third kappa shape index (κ3) is 4.75. The van der Waals surface area contributed by atoms with Gasteiger partial charge in [-0.05, 0) is 62.1 Å². The van der Waals surface area contributed by atoms with Crippen molar-refractivity contribution >= 4 is 21.6 Å². The van der Waals surface area contributed by atoms with Crippen molar-refractivity contribution in [1.29, 1.82) is 0 Å². The van der Waals surface area contributed by atoms with Gasteiger partial charge in [0.15, 0.2) is 0 Å². The molecule has 3 aromatic rings. The van der Waals surface area contributed by atoms with Gasteiger partial charge in [0.25, 0.3) is 0 Å². The number of amides is 1. The number of anilines is 1. The fourth-order valence-corrected chi connectivity index (χ4v) is 8.27. The topological polar surface area (TPSA) is 73.0 Å². The summed E-state index contributed by atoms with van der Waals surface area (Å²) >= 11 is 0. The number of piperidine rings is 1. The largest absolute Gasteiger partial charge is 0.339 e. The minimum absolute atomic E-state index is 0.142. The van der Waals surface area contributed by atoms with Gasteiger partial charge in [-0.25, -0.2) is 8.42 Å². The molecule has 7 nitrogen and oxygen atoms in total. The van der Waals surface area contributed by atoms with Gasteiger partial charge in [0.1, 0.15) is 5.54 Å². The number of nitrogens with zero attached hydrogens (tertiary/aromatic N) is 3. The summed E-state index contributed by atoms with van der Waals surface area (Å²) in [5.41, 5.74) is 1.66. The van der Waals surface area contributed by atoms with E-state index in [0.29, 0.717) is 24.7 Å². The molecule has 0 unspecified atom stereocenters. The second-order valence-corrected chi connectivity index (χ2v) is 13.1. The highest BCUT2D eigenvalue weighted by Gasteiger charge is 2.51. The fourth-order valence-electron chi connectivity index (χ4n) is 6.64. The van der Waals surface area contributed by atoms with Crippen LogP contribution in [0.15, 0.2) is 95.9 Å². The van der Waals surface area contributed by atoms with E-state index in [1.165, 1.54) is 5.56 Å². The summed E-state index contributed by atoms with van der Waals surface area (Å²) in [6.45, 7) is 4.27. The minimum Gasteiger partial charge on any atom is -0.339 e. The Morgan fingerprint density at radius 3 is 2.03 bits per heavy atom. The summed E-state index contributed by atoms with van der Waals surface area (Å²) in [7, 11) is -3.49. The number of carbonyl (C=O) groups excluding carboxylic acids is 1. The maximum absolute atomic E-state index is 13.2. The molecule has 3 heterocycles. The summed E-state index contributed by atoms with van der Waals surface area (Å²) in [4.78, 5) is 18.0. The molecule has 0 radical (unpaired) electrons. The van der Waals surface area contributed by atoms with Gasteiger partial charge in [0, 0.05) is 37.3 Å². The Balaban J connectivity index is 1.09. The first-order valence-electron chi connectivity index (χ1n) is 13.9. The normalized spacial score (nSPS) is 21.0. The van der Waals surface area contributed by atoms with E-state index in [9.17, 15) is 13.2 Å². The van der Waals surface area contributed by atoms with Gasteiger partial charge in [-0.15, -0.1) is 0 Å². The monoisotopic (exact) mass is 544 g/mol. The van der Waals surface area contributed by atoms with E-state index in [0.717, 1.165) is 51.0 Å². The van der Waals surface area contributed by atoms with Gasteiger partial charge in [-0.2, -0.15) is 4.31 Å². The predicted molar refractivity (Wildman–Crippen MR) is 153 cm³/mol. The van der Waals surface area contributed by atoms with Crippen LogP contribution < -0.4 is 10.2 Å². The highest BCUT2D eigenvalue weighted by Crippen LogP contribution is 2.42. The number of benzene rings is 3. The number of hydrogen-bond acceptors (Lipinski definition) is 5. The van der Waals surface area contributed by atoms with E-state index in [1.54, 1.807) is 28.6 Å². The summed E-state index contributed by atoms with van der Waals surface area (Å²) in [6.07, 6.45) is 3.52. The quantitative estimate of drug-likeness (QED) is 0.467. The van der Waals surface area contributed by atoms with Crippen molar-refractivity contribution in [2.75, 3.05) is 44.3 Å². The lowest BCUT2D eigenvalue weighted by Gasteiger charge is -2.50. The van der Waals surface area contributed by atoms with Gasteiger partial charge in [0.05, 0.1) is 11.6 Å². The molecule has 3 aliphatic rings. The van der Waals surface area contributed by atoms with Crippen molar-refractivity contribution in [3.05, 3.63) is 96.6 Å². The lowest BCUT2D eigenvalue weighted by Crippen LogP contribution is -2.61. The molecule has 0 aromatic heterocycles. The Morgan fingerprint density at radius 1 is 0.795 bits per heavy atom. The molecule has 3 saturated heterocycles. The van der Waals surface area contributed by atoms with Crippen LogP contribution in [-0.2, 0) is 20.2 Å². The molecule has 3 aromatic carbocycles. The number of carbonyl (C=O) groups is 1. The molecule has 204 valence electrons. The van der Waals surface area contributed by atoms with Crippen LogP contribution in [0.4, 0.5) is 5.69 Å². The van der Waals surface area contributed by atoms with Crippen LogP contribution in [0.1, 0.15) is 31.2 Å². The van der Waals surface area contributed by atoms with Gasteiger partial charge >= 0.3 is 0 Å². The molecule has 3 fully saturated rings. The zero-order valence-electron chi connectivity index (χ0n) is 22.2. The Morgan fingerprint density at radius 2 is 1.38 bits per heavy atom. The zero-order valence-corrected chi connectivity index (χ0v) is 23.0. The van der Waals surface area contributed by atoms with Crippen LogP contribution in [0.2, 0.25) is 0 Å². The molecule has 0 atom stereocenters. The molecule has 1 spiro atoms. The summed E-state index contributed by atoms with van der Waals surface area (Å²) in [6, 6.07) is 29.3. The van der Waals surface area contributed by atoms with Gasteiger partial charge < -0.3 is 15.1 Å². The molecule has 1 amide bonds. The van der Waals surface area contributed by atoms with Crippen LogP contribution in [0, 0.1) is 0 Å². The van der Waals surface area contributed by atoms with Gasteiger partial charge in [-0.3, -0.25) is 4.79 Å². The molecule has 0 aliphatic carbocycles. The average Bonchev–Trinajstić information content (AvgIpc) is 3.27. The van der Waals surface area contributed by atoms with Crippen molar-refractivity contribution in [2.24, 2.45) is 0 Å². The predicted octanol–water partition coefficient (Wildman–Crippen LogP) is 3.84. The molecular formula is C31H36N4O3S. The molecule has 3 aliphatic heterocycles. The second-order valence-electron chi connectivity index (χ2n) is 11.1. The highest BCUT2D eigenvalue weighted by atomic mass is 32.2. The lowest BCUT2D eigenvalue weighted by molar-refractivity contribution is -0.125. The van der Waals surface area contributed by atoms with E-state index in [4.69, 9.17) is 0 Å². The smallest absolute Gasteiger partial charge is 0.247 e. The molecule has 0 bridgehead atoms. The number of sulfonamides is 1. The van der Waals surface area contributed by atoms with E-state index < -0.39 is 15.6 Å². The number of nitrogens with one attached hydrogen (secondary N) is 1. The van der Waals surface area contributed by atoms with Crippen molar-refractivity contribution in [3.63, 3.8) is 0 Å². The molecule has 0 saturated carbocycles. The van der Waals surface area contributed by atoms with E-state index in [2.05, 4.69) is 39.4 Å². The fraction of sp³-hybridized carbons (Fsp3) is 0.387. The van der Waals surface area contributed by atoms with Crippen LogP contribution in [0.3, 0.4) is 0 Å². The second kappa shape index (κ2) is 10.4. The molecule has 1 N–H and O–H groups in total. The van der Waals surface area contributed by atoms with Crippen molar-refractivity contribution in [2.45, 2.75) is 41.5 Å². The first kappa shape index (κ1) is 26.0. The Labute approximate surface area is 231 Å². The molecule has 39 heavy (non-hydrogen) atoms. The van der Waals surface area contributed by atoms with Gasteiger partial charge in [0.2, 0.25) is 15.9 Å². The van der Waals surface area contributed by atoms with E-state index in [-0.39, 0.29) is 11.3 Å². The number of para-hydroxylation sites is 1. The maximum Gasteiger partial charge on any atom is 0.247 e. The first-order chi connectivity index (χ1) is 18.9. The number of hydrogen-bond donors (Lipinski definition) is 1. The lowest BCUT2D eigenvalue weighted by atomic mass is 9.72. The van der Waals surface area contributed by atoms with Crippen molar-refractivity contribution in [1.82, 2.24) is 14.5 Å². The summed E-state index contributed by atoms with van der Waals surface area (Å²) in [5.74, 6) is 0.142.